The molecule has 1 saturated heterocycles. The van der Waals surface area contributed by atoms with E-state index in [4.69, 9.17) is 16.3 Å². The van der Waals surface area contributed by atoms with E-state index in [9.17, 15) is 9.59 Å². The van der Waals surface area contributed by atoms with Crippen LogP contribution in [-0.2, 0) is 9.53 Å². The molecule has 1 aromatic carbocycles. The maximum absolute atomic E-state index is 12.3. The summed E-state index contributed by atoms with van der Waals surface area (Å²) in [6.07, 6.45) is 0.583. The van der Waals surface area contributed by atoms with Crippen LogP contribution in [0.2, 0.25) is 5.02 Å². The lowest BCUT2D eigenvalue weighted by atomic mass is 10.2. The average molecular weight is 382 g/mol. The van der Waals surface area contributed by atoms with Gasteiger partial charge in [-0.1, -0.05) is 17.7 Å². The number of alkyl carbamates (subject to hydrolysis) is 1. The molecule has 144 valence electrons. The summed E-state index contributed by atoms with van der Waals surface area (Å²) in [5.74, 6) is 0.127. The number of carbonyl (C=O) groups is 2. The van der Waals surface area contributed by atoms with Gasteiger partial charge < -0.3 is 19.9 Å². The quantitative estimate of drug-likeness (QED) is 0.795. The molecule has 1 heterocycles. The lowest BCUT2D eigenvalue weighted by Gasteiger charge is -2.36. The number of nitrogens with one attached hydrogen (secondary N) is 1. The Kier molecular flexibility index (Phi) is 7.14. The van der Waals surface area contributed by atoms with Crippen molar-refractivity contribution in [3.05, 3.63) is 29.3 Å². The van der Waals surface area contributed by atoms with Gasteiger partial charge in [0.15, 0.2) is 0 Å². The number of amides is 2. The molecule has 0 aliphatic carbocycles. The Hall–Kier alpha value is -1.95. The summed E-state index contributed by atoms with van der Waals surface area (Å²) in [5.41, 5.74) is 0.578. The monoisotopic (exact) mass is 381 g/mol. The molecule has 1 fully saturated rings. The fourth-order valence-electron chi connectivity index (χ4n) is 2.79. The first-order valence-corrected chi connectivity index (χ1v) is 9.37. The van der Waals surface area contributed by atoms with Crippen molar-refractivity contribution in [2.24, 2.45) is 0 Å². The minimum Gasteiger partial charge on any atom is -0.444 e. The summed E-state index contributed by atoms with van der Waals surface area (Å²) < 4.78 is 5.16. The summed E-state index contributed by atoms with van der Waals surface area (Å²) in [7, 11) is 0. The number of ether oxygens (including phenoxy) is 1. The molecule has 0 aromatic heterocycles. The predicted molar refractivity (Wildman–Crippen MR) is 104 cm³/mol. The average Bonchev–Trinajstić information content (AvgIpc) is 2.57. The summed E-state index contributed by atoms with van der Waals surface area (Å²) >= 11 is 6.04. The van der Waals surface area contributed by atoms with E-state index in [1.54, 1.807) is 0 Å². The Bertz CT molecular complexity index is 623. The van der Waals surface area contributed by atoms with Crippen LogP contribution in [-0.4, -0.2) is 55.2 Å². The second-order valence-electron chi connectivity index (χ2n) is 7.38. The van der Waals surface area contributed by atoms with E-state index in [0.717, 1.165) is 23.8 Å². The van der Waals surface area contributed by atoms with Crippen molar-refractivity contribution in [2.45, 2.75) is 39.2 Å². The molecule has 0 atom stereocenters. The van der Waals surface area contributed by atoms with Gasteiger partial charge in [0.05, 0.1) is 0 Å². The molecule has 2 amide bonds. The van der Waals surface area contributed by atoms with Gasteiger partial charge in [0, 0.05) is 49.9 Å². The molecule has 0 spiro atoms. The molecule has 0 radical (unpaired) electrons. The van der Waals surface area contributed by atoms with E-state index in [0.29, 0.717) is 32.5 Å². The standard InChI is InChI=1S/C19H28ClN3O3/c1-19(2,3)26-18(25)21-9-5-8-17(24)23-12-10-22(11-13-23)16-7-4-6-15(20)14-16/h4,6-7,14H,5,8-13H2,1-3H3,(H,21,25). The van der Waals surface area contributed by atoms with Crippen LogP contribution in [0.3, 0.4) is 0 Å². The van der Waals surface area contributed by atoms with Gasteiger partial charge in [-0.2, -0.15) is 0 Å². The minimum atomic E-state index is -0.511. The highest BCUT2D eigenvalue weighted by molar-refractivity contribution is 6.30. The summed E-state index contributed by atoms with van der Waals surface area (Å²) in [5, 5.41) is 3.40. The largest absolute Gasteiger partial charge is 0.444 e. The van der Waals surface area contributed by atoms with Crippen molar-refractivity contribution in [1.82, 2.24) is 10.2 Å². The smallest absolute Gasteiger partial charge is 0.407 e. The molecule has 1 N–H and O–H groups in total. The van der Waals surface area contributed by atoms with Crippen molar-refractivity contribution >= 4 is 29.3 Å². The Morgan fingerprint density at radius 1 is 1.19 bits per heavy atom. The first kappa shape index (κ1) is 20.4. The topological polar surface area (TPSA) is 61.9 Å². The Morgan fingerprint density at radius 3 is 2.50 bits per heavy atom. The maximum Gasteiger partial charge on any atom is 0.407 e. The van der Waals surface area contributed by atoms with Gasteiger partial charge in [-0.25, -0.2) is 4.79 Å². The maximum atomic E-state index is 12.3. The molecular formula is C19H28ClN3O3. The molecular weight excluding hydrogens is 354 g/mol. The van der Waals surface area contributed by atoms with Gasteiger partial charge in [0.1, 0.15) is 5.60 Å². The number of nitrogens with zero attached hydrogens (tertiary/aromatic N) is 2. The van der Waals surface area contributed by atoms with Crippen molar-refractivity contribution < 1.29 is 14.3 Å². The van der Waals surface area contributed by atoms with Crippen LogP contribution in [0.4, 0.5) is 10.5 Å². The molecule has 0 saturated carbocycles. The predicted octanol–water partition coefficient (Wildman–Crippen LogP) is 3.29. The molecule has 26 heavy (non-hydrogen) atoms. The van der Waals surface area contributed by atoms with E-state index in [-0.39, 0.29) is 5.91 Å². The Morgan fingerprint density at radius 2 is 1.88 bits per heavy atom. The van der Waals surface area contributed by atoms with Gasteiger partial charge in [0.25, 0.3) is 0 Å². The SMILES string of the molecule is CC(C)(C)OC(=O)NCCCC(=O)N1CCN(c2cccc(Cl)c2)CC1. The van der Waals surface area contributed by atoms with E-state index in [1.807, 2.05) is 49.9 Å². The normalized spacial score (nSPS) is 14.9. The summed E-state index contributed by atoms with van der Waals surface area (Å²) in [4.78, 5) is 28.0. The van der Waals surface area contributed by atoms with E-state index in [1.165, 1.54) is 0 Å². The zero-order valence-electron chi connectivity index (χ0n) is 15.8. The number of rotatable bonds is 5. The van der Waals surface area contributed by atoms with Crippen LogP contribution in [0.5, 0.6) is 0 Å². The van der Waals surface area contributed by atoms with Gasteiger partial charge in [-0.05, 0) is 45.4 Å². The third-order valence-corrected chi connectivity index (χ3v) is 4.28. The number of hydrogen-bond acceptors (Lipinski definition) is 4. The highest BCUT2D eigenvalue weighted by atomic mass is 35.5. The number of anilines is 1. The van der Waals surface area contributed by atoms with Crippen molar-refractivity contribution in [2.75, 3.05) is 37.6 Å². The molecule has 1 aliphatic heterocycles. The first-order valence-electron chi connectivity index (χ1n) is 9.00. The first-order chi connectivity index (χ1) is 12.2. The lowest BCUT2D eigenvalue weighted by Crippen LogP contribution is -2.48. The third-order valence-electron chi connectivity index (χ3n) is 4.04. The van der Waals surface area contributed by atoms with Crippen LogP contribution in [0.15, 0.2) is 24.3 Å². The molecule has 1 aliphatic rings. The van der Waals surface area contributed by atoms with E-state index < -0.39 is 11.7 Å². The second-order valence-corrected chi connectivity index (χ2v) is 7.82. The number of benzene rings is 1. The lowest BCUT2D eigenvalue weighted by molar-refractivity contribution is -0.131. The minimum absolute atomic E-state index is 0.127. The van der Waals surface area contributed by atoms with E-state index in [2.05, 4.69) is 10.2 Å². The highest BCUT2D eigenvalue weighted by Gasteiger charge is 2.21. The van der Waals surface area contributed by atoms with E-state index >= 15 is 0 Å². The van der Waals surface area contributed by atoms with Gasteiger partial charge in [-0.15, -0.1) is 0 Å². The molecule has 2 rings (SSSR count). The third kappa shape index (κ3) is 6.75. The highest BCUT2D eigenvalue weighted by Crippen LogP contribution is 2.21. The van der Waals surface area contributed by atoms with Crippen LogP contribution < -0.4 is 10.2 Å². The van der Waals surface area contributed by atoms with Crippen molar-refractivity contribution in [3.63, 3.8) is 0 Å². The van der Waals surface area contributed by atoms with Crippen molar-refractivity contribution in [1.29, 1.82) is 0 Å². The Balaban J connectivity index is 1.66. The number of piperazine rings is 1. The molecule has 7 heteroatoms. The molecule has 6 nitrogen and oxygen atoms in total. The molecule has 1 aromatic rings. The number of hydrogen-bond donors (Lipinski definition) is 1. The molecule has 0 unspecified atom stereocenters. The van der Waals surface area contributed by atoms with Crippen molar-refractivity contribution in [3.8, 4) is 0 Å². The van der Waals surface area contributed by atoms with Gasteiger partial charge in [0.2, 0.25) is 5.91 Å². The van der Waals surface area contributed by atoms with Gasteiger partial charge in [-0.3, -0.25) is 4.79 Å². The summed E-state index contributed by atoms with van der Waals surface area (Å²) in [6, 6.07) is 7.77. The second kappa shape index (κ2) is 9.12. The Labute approximate surface area is 160 Å². The molecule has 0 bridgehead atoms. The zero-order valence-corrected chi connectivity index (χ0v) is 16.5. The van der Waals surface area contributed by atoms with Crippen LogP contribution in [0, 0.1) is 0 Å². The van der Waals surface area contributed by atoms with Crippen LogP contribution in [0.25, 0.3) is 0 Å². The van der Waals surface area contributed by atoms with Crippen LogP contribution >= 0.6 is 11.6 Å². The summed E-state index contributed by atoms with van der Waals surface area (Å²) in [6.45, 7) is 8.88. The number of carbonyl (C=O) groups excluding carboxylic acids is 2. The zero-order chi connectivity index (χ0) is 19.2. The van der Waals surface area contributed by atoms with Gasteiger partial charge >= 0.3 is 6.09 Å². The fraction of sp³-hybridized carbons (Fsp3) is 0.579. The fourth-order valence-corrected chi connectivity index (χ4v) is 2.97. The number of halogens is 1. The van der Waals surface area contributed by atoms with Crippen LogP contribution in [0.1, 0.15) is 33.6 Å².